The van der Waals surface area contributed by atoms with Crippen molar-refractivity contribution in [1.29, 1.82) is 15.8 Å². The fourth-order valence-corrected chi connectivity index (χ4v) is 2.17. The van der Waals surface area contributed by atoms with E-state index in [4.69, 9.17) is 20.2 Å². The van der Waals surface area contributed by atoms with Gasteiger partial charge in [-0.1, -0.05) is 24.3 Å². The number of benzene rings is 2. The molecule has 0 spiro atoms. The van der Waals surface area contributed by atoms with Crippen molar-refractivity contribution in [2.75, 3.05) is 5.32 Å². The quantitative estimate of drug-likeness (QED) is 0.738. The van der Waals surface area contributed by atoms with Gasteiger partial charge in [0.1, 0.15) is 29.4 Å². The Morgan fingerprint density at radius 2 is 1.67 bits per heavy atom. The van der Waals surface area contributed by atoms with E-state index < -0.39 is 0 Å². The van der Waals surface area contributed by atoms with Crippen LogP contribution in [0.2, 0.25) is 0 Å². The highest BCUT2D eigenvalue weighted by atomic mass is 16.3. The Kier molecular flexibility index (Phi) is 3.93. The van der Waals surface area contributed by atoms with Gasteiger partial charge in [-0.25, -0.2) is 4.98 Å². The molecule has 6 heteroatoms. The van der Waals surface area contributed by atoms with Crippen molar-refractivity contribution in [3.8, 4) is 29.7 Å². The summed E-state index contributed by atoms with van der Waals surface area (Å²) in [4.78, 5) is 4.45. The topological polar surface area (TPSA) is 109 Å². The number of hydrogen-bond donors (Lipinski definition) is 1. The first-order chi connectivity index (χ1) is 11.8. The van der Waals surface area contributed by atoms with Crippen molar-refractivity contribution < 1.29 is 4.42 Å². The molecule has 0 saturated heterocycles. The van der Waals surface area contributed by atoms with Crippen molar-refractivity contribution >= 4 is 16.8 Å². The van der Waals surface area contributed by atoms with Crippen LogP contribution in [-0.4, -0.2) is 4.98 Å². The number of para-hydroxylation sites is 1. The molecule has 0 amide bonds. The first kappa shape index (κ1) is 14.8. The molecule has 0 aliphatic rings. The van der Waals surface area contributed by atoms with E-state index in [1.807, 2.05) is 36.4 Å². The minimum absolute atomic E-state index is 0.128. The third-order valence-corrected chi connectivity index (χ3v) is 3.28. The van der Waals surface area contributed by atoms with E-state index in [9.17, 15) is 0 Å². The van der Waals surface area contributed by atoms with Crippen LogP contribution in [0.5, 0.6) is 0 Å². The van der Waals surface area contributed by atoms with Crippen LogP contribution in [0.3, 0.4) is 0 Å². The van der Waals surface area contributed by atoms with Crippen LogP contribution < -0.4 is 5.32 Å². The molecule has 2 aromatic carbocycles. The lowest BCUT2D eigenvalue weighted by molar-refractivity contribution is 0.620. The van der Waals surface area contributed by atoms with Crippen LogP contribution >= 0.6 is 0 Å². The largest absolute Gasteiger partial charge is 0.436 e. The molecule has 0 unspecified atom stereocenters. The molecular weight excluding hydrogens is 302 g/mol. The summed E-state index contributed by atoms with van der Waals surface area (Å²) in [6.07, 6.45) is 0. The normalized spacial score (nSPS) is 9.54. The van der Waals surface area contributed by atoms with Crippen molar-refractivity contribution in [2.24, 2.45) is 0 Å². The summed E-state index contributed by atoms with van der Waals surface area (Å²) in [6.45, 7) is 0. The SMILES string of the molecule is N#CC(C#N)=C(C#N)Nc1cccc2oc(-c3ccccc3)nc12. The zero-order valence-electron chi connectivity index (χ0n) is 12.3. The average Bonchev–Trinajstić information content (AvgIpc) is 3.07. The van der Waals surface area contributed by atoms with Gasteiger partial charge in [-0.15, -0.1) is 0 Å². The second kappa shape index (κ2) is 6.36. The smallest absolute Gasteiger partial charge is 0.227 e. The highest BCUT2D eigenvalue weighted by Gasteiger charge is 2.13. The number of aromatic nitrogens is 1. The number of fused-ring (bicyclic) bond motifs is 1. The van der Waals surface area contributed by atoms with E-state index in [1.54, 1.807) is 30.3 Å². The summed E-state index contributed by atoms with van der Waals surface area (Å²) >= 11 is 0. The van der Waals surface area contributed by atoms with Crippen molar-refractivity contribution in [3.05, 3.63) is 59.8 Å². The van der Waals surface area contributed by atoms with E-state index in [0.29, 0.717) is 22.7 Å². The average molecular weight is 311 g/mol. The Morgan fingerprint density at radius 3 is 2.33 bits per heavy atom. The van der Waals surface area contributed by atoms with Gasteiger partial charge in [0.25, 0.3) is 0 Å². The van der Waals surface area contributed by atoms with Gasteiger partial charge in [0, 0.05) is 5.56 Å². The van der Waals surface area contributed by atoms with E-state index >= 15 is 0 Å². The number of rotatable bonds is 3. The van der Waals surface area contributed by atoms with Gasteiger partial charge in [0.15, 0.2) is 11.2 Å². The summed E-state index contributed by atoms with van der Waals surface area (Å²) in [5, 5.41) is 29.8. The zero-order valence-corrected chi connectivity index (χ0v) is 12.3. The molecule has 6 nitrogen and oxygen atoms in total. The molecule has 3 rings (SSSR count). The highest BCUT2D eigenvalue weighted by molar-refractivity contribution is 5.89. The first-order valence-electron chi connectivity index (χ1n) is 6.93. The monoisotopic (exact) mass is 311 g/mol. The summed E-state index contributed by atoms with van der Waals surface area (Å²) < 4.78 is 5.74. The molecule has 1 N–H and O–H groups in total. The molecular formula is C18H9N5O. The van der Waals surface area contributed by atoms with Crippen molar-refractivity contribution in [1.82, 2.24) is 4.98 Å². The Bertz CT molecular complexity index is 1040. The Hall–Kier alpha value is -4.08. The predicted molar refractivity (Wildman–Crippen MR) is 86.9 cm³/mol. The van der Waals surface area contributed by atoms with Crippen LogP contribution in [0.4, 0.5) is 5.69 Å². The molecule has 3 aromatic rings. The lowest BCUT2D eigenvalue weighted by Crippen LogP contribution is -2.01. The van der Waals surface area contributed by atoms with E-state index in [2.05, 4.69) is 10.3 Å². The molecule has 112 valence electrons. The molecule has 1 heterocycles. The third-order valence-electron chi connectivity index (χ3n) is 3.28. The Morgan fingerprint density at radius 1 is 0.917 bits per heavy atom. The van der Waals surface area contributed by atoms with Crippen molar-refractivity contribution in [2.45, 2.75) is 0 Å². The number of allylic oxidation sites excluding steroid dienone is 2. The molecule has 0 radical (unpaired) electrons. The van der Waals surface area contributed by atoms with Gasteiger partial charge >= 0.3 is 0 Å². The Labute approximate surface area is 137 Å². The zero-order chi connectivity index (χ0) is 16.9. The van der Waals surface area contributed by atoms with Crippen LogP contribution in [0, 0.1) is 34.0 Å². The number of nitrogens with one attached hydrogen (secondary N) is 1. The van der Waals surface area contributed by atoms with Crippen LogP contribution in [0.1, 0.15) is 0 Å². The maximum absolute atomic E-state index is 9.16. The first-order valence-corrected chi connectivity index (χ1v) is 6.93. The standard InChI is InChI=1S/C18H9N5O/c19-9-13(10-20)15(11-21)22-14-7-4-8-16-17(14)23-18(24-16)12-5-2-1-3-6-12/h1-8,22H. The number of nitrogens with zero attached hydrogens (tertiary/aromatic N) is 4. The van der Waals surface area contributed by atoms with Gasteiger partial charge in [0.05, 0.1) is 5.69 Å². The van der Waals surface area contributed by atoms with E-state index in [-0.39, 0.29) is 11.3 Å². The number of anilines is 1. The van der Waals surface area contributed by atoms with Gasteiger partial charge in [0.2, 0.25) is 5.89 Å². The number of nitriles is 3. The van der Waals surface area contributed by atoms with Gasteiger partial charge in [-0.3, -0.25) is 0 Å². The van der Waals surface area contributed by atoms with Crippen molar-refractivity contribution in [3.63, 3.8) is 0 Å². The minimum atomic E-state index is -0.290. The van der Waals surface area contributed by atoms with Gasteiger partial charge in [-0.05, 0) is 24.3 Å². The molecule has 0 fully saturated rings. The molecule has 24 heavy (non-hydrogen) atoms. The lowest BCUT2D eigenvalue weighted by atomic mass is 10.2. The molecule has 0 bridgehead atoms. The summed E-state index contributed by atoms with van der Waals surface area (Å²) in [5.41, 5.74) is 1.94. The fraction of sp³-hybridized carbons (Fsp3) is 0. The molecule has 0 aliphatic heterocycles. The third kappa shape index (κ3) is 2.66. The maximum atomic E-state index is 9.16. The van der Waals surface area contributed by atoms with E-state index in [0.717, 1.165) is 5.56 Å². The maximum Gasteiger partial charge on any atom is 0.227 e. The molecule has 0 saturated carbocycles. The minimum Gasteiger partial charge on any atom is -0.436 e. The molecule has 1 aromatic heterocycles. The second-order valence-corrected chi connectivity index (χ2v) is 4.75. The highest BCUT2D eigenvalue weighted by Crippen LogP contribution is 2.29. The van der Waals surface area contributed by atoms with Crippen LogP contribution in [-0.2, 0) is 0 Å². The number of hydrogen-bond acceptors (Lipinski definition) is 6. The summed E-state index contributed by atoms with van der Waals surface area (Å²) in [5.74, 6) is 0.447. The molecule has 0 aliphatic carbocycles. The predicted octanol–water partition coefficient (Wildman–Crippen LogP) is 3.73. The second-order valence-electron chi connectivity index (χ2n) is 4.75. The van der Waals surface area contributed by atoms with Gasteiger partial charge in [-0.2, -0.15) is 15.8 Å². The lowest BCUT2D eigenvalue weighted by Gasteiger charge is -2.04. The Balaban J connectivity index is 2.10. The van der Waals surface area contributed by atoms with E-state index in [1.165, 1.54) is 0 Å². The summed E-state index contributed by atoms with van der Waals surface area (Å²) in [6, 6.07) is 19.8. The number of oxazole rings is 1. The molecule has 0 atom stereocenters. The van der Waals surface area contributed by atoms with Crippen LogP contribution in [0.25, 0.3) is 22.6 Å². The van der Waals surface area contributed by atoms with Crippen LogP contribution in [0.15, 0.2) is 64.2 Å². The fourth-order valence-electron chi connectivity index (χ4n) is 2.17. The van der Waals surface area contributed by atoms with Gasteiger partial charge < -0.3 is 9.73 Å². The summed E-state index contributed by atoms with van der Waals surface area (Å²) in [7, 11) is 0.